The molecule has 0 atom stereocenters. The molecule has 26 heavy (non-hydrogen) atoms. The van der Waals surface area contributed by atoms with Crippen LogP contribution in [0.2, 0.25) is 0 Å². The van der Waals surface area contributed by atoms with Gasteiger partial charge in [0.05, 0.1) is 19.8 Å². The first-order valence-electron chi connectivity index (χ1n) is 9.28. The zero-order valence-electron chi connectivity index (χ0n) is 15.8. The number of aromatic nitrogens is 2. The van der Waals surface area contributed by atoms with Gasteiger partial charge in [0, 0.05) is 32.2 Å². The van der Waals surface area contributed by atoms with Crippen molar-refractivity contribution < 1.29 is 9.26 Å². The summed E-state index contributed by atoms with van der Waals surface area (Å²) in [4.78, 5) is 11.2. The first-order valence-corrected chi connectivity index (χ1v) is 9.28. The highest BCUT2D eigenvalue weighted by atomic mass is 127. The van der Waals surface area contributed by atoms with Crippen molar-refractivity contribution in [1.29, 1.82) is 0 Å². The molecule has 0 radical (unpaired) electrons. The van der Waals surface area contributed by atoms with Crippen LogP contribution < -0.4 is 10.6 Å². The summed E-state index contributed by atoms with van der Waals surface area (Å²) in [7, 11) is 1.79. The molecule has 1 saturated carbocycles. The van der Waals surface area contributed by atoms with Crippen LogP contribution in [0, 0.1) is 6.92 Å². The van der Waals surface area contributed by atoms with Crippen molar-refractivity contribution in [3.05, 3.63) is 11.7 Å². The van der Waals surface area contributed by atoms with Gasteiger partial charge in [-0.1, -0.05) is 24.4 Å². The minimum atomic E-state index is 0. The Labute approximate surface area is 172 Å². The van der Waals surface area contributed by atoms with Gasteiger partial charge in [-0.3, -0.25) is 9.89 Å². The Hall–Kier alpha value is -0.940. The Balaban J connectivity index is 0.00000243. The molecule has 2 N–H and O–H groups in total. The quantitative estimate of drug-likeness (QED) is 0.379. The van der Waals surface area contributed by atoms with E-state index in [4.69, 9.17) is 9.26 Å². The Morgan fingerprint density at radius 2 is 1.92 bits per heavy atom. The van der Waals surface area contributed by atoms with E-state index in [1.807, 2.05) is 6.92 Å². The number of nitrogens with one attached hydrogen (secondary N) is 2. The number of nitrogens with zero attached hydrogens (tertiary/aromatic N) is 4. The van der Waals surface area contributed by atoms with E-state index in [9.17, 15) is 0 Å². The molecular formula is C17H31IN6O2. The standard InChI is InChI=1S/C17H30N6O2.HI/c1-14-21-15(25-22-14)12-19-16(18-2)20-13-17(6-4-3-5-7-17)23-8-10-24-11-9-23;/h3-13H2,1-2H3,(H2,18,19,20);1H. The van der Waals surface area contributed by atoms with E-state index in [1.54, 1.807) is 7.05 Å². The zero-order chi connectivity index (χ0) is 17.5. The SMILES string of the molecule is CN=C(NCc1nc(C)no1)NCC1(N2CCOCC2)CCCCC1.I. The number of hydrogen-bond acceptors (Lipinski definition) is 6. The summed E-state index contributed by atoms with van der Waals surface area (Å²) in [6, 6.07) is 0. The summed E-state index contributed by atoms with van der Waals surface area (Å²) in [5.41, 5.74) is 0.209. The number of morpholine rings is 1. The number of guanidine groups is 1. The first-order chi connectivity index (χ1) is 12.2. The van der Waals surface area contributed by atoms with Crippen LogP contribution in [0.3, 0.4) is 0 Å². The lowest BCUT2D eigenvalue weighted by molar-refractivity contribution is -0.0352. The third-order valence-electron chi connectivity index (χ3n) is 5.25. The van der Waals surface area contributed by atoms with Gasteiger partial charge in [-0.05, 0) is 19.8 Å². The lowest BCUT2D eigenvalue weighted by Crippen LogP contribution is -2.60. The maximum absolute atomic E-state index is 5.55. The second-order valence-electron chi connectivity index (χ2n) is 6.90. The van der Waals surface area contributed by atoms with Crippen LogP contribution in [-0.2, 0) is 11.3 Å². The van der Waals surface area contributed by atoms with Gasteiger partial charge in [-0.2, -0.15) is 4.98 Å². The minimum Gasteiger partial charge on any atom is -0.379 e. The van der Waals surface area contributed by atoms with Crippen LogP contribution in [0.4, 0.5) is 0 Å². The van der Waals surface area contributed by atoms with E-state index in [2.05, 4.69) is 30.7 Å². The summed E-state index contributed by atoms with van der Waals surface area (Å²) in [5, 5.41) is 10.6. The van der Waals surface area contributed by atoms with Gasteiger partial charge in [0.1, 0.15) is 0 Å². The topological polar surface area (TPSA) is 87.8 Å². The van der Waals surface area contributed by atoms with Crippen molar-refractivity contribution in [3.63, 3.8) is 0 Å². The number of halogens is 1. The van der Waals surface area contributed by atoms with E-state index in [0.29, 0.717) is 18.3 Å². The van der Waals surface area contributed by atoms with E-state index >= 15 is 0 Å². The molecule has 0 unspecified atom stereocenters. The predicted molar refractivity (Wildman–Crippen MR) is 111 cm³/mol. The fourth-order valence-corrected chi connectivity index (χ4v) is 3.89. The Morgan fingerprint density at radius 3 is 2.54 bits per heavy atom. The van der Waals surface area contributed by atoms with Crippen molar-refractivity contribution >= 4 is 29.9 Å². The normalized spacial score (nSPS) is 21.1. The van der Waals surface area contributed by atoms with E-state index in [0.717, 1.165) is 38.8 Å². The molecule has 0 amide bonds. The molecule has 9 heteroatoms. The predicted octanol–water partition coefficient (Wildman–Crippen LogP) is 1.70. The number of rotatable bonds is 5. The van der Waals surface area contributed by atoms with Crippen LogP contribution in [0.1, 0.15) is 43.8 Å². The number of ether oxygens (including phenoxy) is 1. The summed E-state index contributed by atoms with van der Waals surface area (Å²) >= 11 is 0. The second-order valence-corrected chi connectivity index (χ2v) is 6.90. The zero-order valence-corrected chi connectivity index (χ0v) is 18.1. The second kappa shape index (κ2) is 10.4. The van der Waals surface area contributed by atoms with Crippen LogP contribution in [-0.4, -0.2) is 66.4 Å². The lowest BCUT2D eigenvalue weighted by atomic mass is 9.80. The average molecular weight is 478 g/mol. The molecule has 1 aliphatic carbocycles. The molecule has 148 valence electrons. The van der Waals surface area contributed by atoms with E-state index in [-0.39, 0.29) is 29.5 Å². The Bertz CT molecular complexity index is 567. The molecule has 2 aliphatic rings. The summed E-state index contributed by atoms with van der Waals surface area (Å²) in [6.45, 7) is 6.91. The van der Waals surface area contributed by atoms with Crippen molar-refractivity contribution in [2.75, 3.05) is 39.9 Å². The van der Waals surface area contributed by atoms with Gasteiger partial charge >= 0.3 is 0 Å². The van der Waals surface area contributed by atoms with Crippen LogP contribution in [0.25, 0.3) is 0 Å². The summed E-state index contributed by atoms with van der Waals surface area (Å²) < 4.78 is 10.7. The van der Waals surface area contributed by atoms with Crippen molar-refractivity contribution in [1.82, 2.24) is 25.7 Å². The molecule has 8 nitrogen and oxygen atoms in total. The molecule has 2 heterocycles. The van der Waals surface area contributed by atoms with Crippen molar-refractivity contribution in [2.24, 2.45) is 4.99 Å². The van der Waals surface area contributed by atoms with Gasteiger partial charge in [-0.15, -0.1) is 24.0 Å². The molecule has 2 fully saturated rings. The third-order valence-corrected chi connectivity index (χ3v) is 5.25. The number of hydrogen-bond donors (Lipinski definition) is 2. The van der Waals surface area contributed by atoms with Gasteiger partial charge in [0.25, 0.3) is 0 Å². The molecule has 0 bridgehead atoms. The highest BCUT2D eigenvalue weighted by Gasteiger charge is 2.38. The van der Waals surface area contributed by atoms with Gasteiger partial charge < -0.3 is 19.9 Å². The van der Waals surface area contributed by atoms with Gasteiger partial charge in [-0.25, -0.2) is 0 Å². The highest BCUT2D eigenvalue weighted by molar-refractivity contribution is 14.0. The molecule has 0 aromatic carbocycles. The summed E-state index contributed by atoms with van der Waals surface area (Å²) in [5.74, 6) is 1.99. The largest absolute Gasteiger partial charge is 0.379 e. The highest BCUT2D eigenvalue weighted by Crippen LogP contribution is 2.33. The number of aliphatic imine (C=N–C) groups is 1. The Kier molecular flexibility index (Phi) is 8.55. The third kappa shape index (κ3) is 5.53. The fraction of sp³-hybridized carbons (Fsp3) is 0.824. The van der Waals surface area contributed by atoms with Crippen molar-refractivity contribution in [2.45, 2.75) is 51.1 Å². The molecule has 1 aliphatic heterocycles. The molecular weight excluding hydrogens is 447 g/mol. The number of aryl methyl sites for hydroxylation is 1. The smallest absolute Gasteiger partial charge is 0.246 e. The lowest BCUT2D eigenvalue weighted by Gasteiger charge is -2.48. The van der Waals surface area contributed by atoms with Crippen LogP contribution in [0.15, 0.2) is 9.52 Å². The van der Waals surface area contributed by atoms with Crippen LogP contribution >= 0.6 is 24.0 Å². The molecule has 1 aromatic heterocycles. The van der Waals surface area contributed by atoms with E-state index in [1.165, 1.54) is 32.1 Å². The maximum Gasteiger partial charge on any atom is 0.246 e. The van der Waals surface area contributed by atoms with Gasteiger partial charge in [0.15, 0.2) is 11.8 Å². The summed E-state index contributed by atoms with van der Waals surface area (Å²) in [6.07, 6.45) is 6.41. The monoisotopic (exact) mass is 478 g/mol. The minimum absolute atomic E-state index is 0. The molecule has 0 spiro atoms. The Morgan fingerprint density at radius 1 is 1.19 bits per heavy atom. The van der Waals surface area contributed by atoms with Gasteiger partial charge in [0.2, 0.25) is 5.89 Å². The molecule has 1 saturated heterocycles. The van der Waals surface area contributed by atoms with Crippen molar-refractivity contribution in [3.8, 4) is 0 Å². The molecule has 3 rings (SSSR count). The van der Waals surface area contributed by atoms with E-state index < -0.39 is 0 Å². The average Bonchev–Trinajstić information content (AvgIpc) is 3.08. The van der Waals surface area contributed by atoms with Crippen LogP contribution in [0.5, 0.6) is 0 Å². The first kappa shape index (κ1) is 21.4. The fourth-order valence-electron chi connectivity index (χ4n) is 3.89. The maximum atomic E-state index is 5.55. The molecule has 1 aromatic rings.